The van der Waals surface area contributed by atoms with Crippen molar-refractivity contribution in [2.45, 2.75) is 19.4 Å². The van der Waals surface area contributed by atoms with Gasteiger partial charge in [0.05, 0.1) is 0 Å². The van der Waals surface area contributed by atoms with Gasteiger partial charge in [0.15, 0.2) is 0 Å². The average Bonchev–Trinajstić information content (AvgIpc) is 3.07. The first-order valence-electron chi connectivity index (χ1n) is 6.79. The minimum atomic E-state index is 0.524. The van der Waals surface area contributed by atoms with Crippen LogP contribution in [0.1, 0.15) is 19.4 Å². The summed E-state index contributed by atoms with van der Waals surface area (Å²) in [6, 6.07) is 8.44. The minimum Gasteiger partial charge on any atom is -0.327 e. The van der Waals surface area contributed by atoms with Gasteiger partial charge in [0, 0.05) is 42.1 Å². The van der Waals surface area contributed by atoms with Gasteiger partial charge in [0.25, 0.3) is 0 Å². The van der Waals surface area contributed by atoms with E-state index in [0.717, 1.165) is 29.5 Å². The molecule has 100 valence electrons. The van der Waals surface area contributed by atoms with Crippen LogP contribution in [0, 0.1) is 0 Å². The minimum absolute atomic E-state index is 0.524. The molecule has 3 rings (SSSR count). The van der Waals surface area contributed by atoms with E-state index in [1.165, 1.54) is 13.0 Å². The Morgan fingerprint density at radius 1 is 1.42 bits per heavy atom. The zero-order valence-corrected chi connectivity index (χ0v) is 11.8. The number of likely N-dealkylation sites (N-methyl/N-ethyl adjacent to an activating group) is 1. The number of aromatic nitrogens is 2. The number of imidazole rings is 1. The SMILES string of the molecule is CCN1CCC(n2ccnc2-c2cccc(Cl)c2)C1. The van der Waals surface area contributed by atoms with Crippen LogP contribution in [0.25, 0.3) is 11.4 Å². The van der Waals surface area contributed by atoms with Gasteiger partial charge in [-0.05, 0) is 25.1 Å². The smallest absolute Gasteiger partial charge is 0.140 e. The molecule has 19 heavy (non-hydrogen) atoms. The molecule has 1 unspecified atom stereocenters. The van der Waals surface area contributed by atoms with E-state index < -0.39 is 0 Å². The van der Waals surface area contributed by atoms with Crippen molar-refractivity contribution in [2.75, 3.05) is 19.6 Å². The van der Waals surface area contributed by atoms with E-state index >= 15 is 0 Å². The fourth-order valence-electron chi connectivity index (χ4n) is 2.79. The Bertz CT molecular complexity index is 564. The van der Waals surface area contributed by atoms with Crippen molar-refractivity contribution in [3.8, 4) is 11.4 Å². The topological polar surface area (TPSA) is 21.1 Å². The molecule has 1 aromatic heterocycles. The number of hydrogen-bond acceptors (Lipinski definition) is 2. The second-order valence-electron chi connectivity index (χ2n) is 5.00. The van der Waals surface area contributed by atoms with Crippen LogP contribution in [0.15, 0.2) is 36.7 Å². The van der Waals surface area contributed by atoms with E-state index in [1.54, 1.807) is 0 Å². The Hall–Kier alpha value is -1.32. The Balaban J connectivity index is 1.91. The largest absolute Gasteiger partial charge is 0.327 e. The summed E-state index contributed by atoms with van der Waals surface area (Å²) in [5.74, 6) is 1.02. The normalized spacial score (nSPS) is 20.0. The third-order valence-corrected chi connectivity index (χ3v) is 4.07. The Morgan fingerprint density at radius 2 is 2.32 bits per heavy atom. The van der Waals surface area contributed by atoms with Crippen LogP contribution in [-0.2, 0) is 0 Å². The molecule has 1 aliphatic rings. The molecule has 0 bridgehead atoms. The molecule has 0 spiro atoms. The molecule has 1 fully saturated rings. The molecule has 0 saturated carbocycles. The van der Waals surface area contributed by atoms with E-state index in [1.807, 2.05) is 24.4 Å². The molecule has 1 aromatic carbocycles. The average molecular weight is 276 g/mol. The first-order valence-corrected chi connectivity index (χ1v) is 7.17. The van der Waals surface area contributed by atoms with Crippen LogP contribution in [0.2, 0.25) is 5.02 Å². The van der Waals surface area contributed by atoms with Gasteiger partial charge in [-0.1, -0.05) is 30.7 Å². The molecule has 4 heteroatoms. The molecule has 0 aliphatic carbocycles. The van der Waals surface area contributed by atoms with Crippen molar-refractivity contribution in [2.24, 2.45) is 0 Å². The Morgan fingerprint density at radius 3 is 3.05 bits per heavy atom. The van der Waals surface area contributed by atoms with E-state index in [0.29, 0.717) is 6.04 Å². The second-order valence-corrected chi connectivity index (χ2v) is 5.44. The van der Waals surface area contributed by atoms with Gasteiger partial charge in [0.1, 0.15) is 5.82 Å². The highest BCUT2D eigenvalue weighted by Gasteiger charge is 2.24. The number of nitrogens with zero attached hydrogens (tertiary/aromatic N) is 3. The Kier molecular flexibility index (Phi) is 3.58. The lowest BCUT2D eigenvalue weighted by Gasteiger charge is -2.16. The van der Waals surface area contributed by atoms with Gasteiger partial charge in [-0.2, -0.15) is 0 Å². The molecule has 1 aliphatic heterocycles. The highest BCUT2D eigenvalue weighted by Crippen LogP contribution is 2.28. The predicted molar refractivity (Wildman–Crippen MR) is 78.4 cm³/mol. The van der Waals surface area contributed by atoms with Gasteiger partial charge in [-0.15, -0.1) is 0 Å². The second kappa shape index (κ2) is 5.35. The molecular weight excluding hydrogens is 258 g/mol. The van der Waals surface area contributed by atoms with E-state index in [2.05, 4.69) is 33.6 Å². The number of hydrogen-bond donors (Lipinski definition) is 0. The van der Waals surface area contributed by atoms with E-state index in [9.17, 15) is 0 Å². The highest BCUT2D eigenvalue weighted by atomic mass is 35.5. The lowest BCUT2D eigenvalue weighted by atomic mass is 10.2. The maximum Gasteiger partial charge on any atom is 0.140 e. The summed E-state index contributed by atoms with van der Waals surface area (Å²) < 4.78 is 2.29. The summed E-state index contributed by atoms with van der Waals surface area (Å²) in [7, 11) is 0. The fraction of sp³-hybridized carbons (Fsp3) is 0.400. The molecular formula is C15H18ClN3. The predicted octanol–water partition coefficient (Wildman–Crippen LogP) is 3.47. The molecule has 0 radical (unpaired) electrons. The highest BCUT2D eigenvalue weighted by molar-refractivity contribution is 6.30. The molecule has 3 nitrogen and oxygen atoms in total. The Labute approximate surface area is 118 Å². The maximum absolute atomic E-state index is 6.07. The third-order valence-electron chi connectivity index (χ3n) is 3.84. The summed E-state index contributed by atoms with van der Waals surface area (Å²) in [6.07, 6.45) is 5.16. The molecule has 1 atom stereocenters. The zero-order chi connectivity index (χ0) is 13.2. The van der Waals surface area contributed by atoms with Crippen molar-refractivity contribution in [1.82, 2.24) is 14.5 Å². The molecule has 2 heterocycles. The van der Waals surface area contributed by atoms with Crippen molar-refractivity contribution in [1.29, 1.82) is 0 Å². The molecule has 2 aromatic rings. The van der Waals surface area contributed by atoms with Crippen LogP contribution >= 0.6 is 11.6 Å². The lowest BCUT2D eigenvalue weighted by molar-refractivity contribution is 0.342. The third kappa shape index (κ3) is 2.53. The van der Waals surface area contributed by atoms with Crippen molar-refractivity contribution in [3.05, 3.63) is 41.7 Å². The quantitative estimate of drug-likeness (QED) is 0.855. The van der Waals surface area contributed by atoms with Gasteiger partial charge >= 0.3 is 0 Å². The number of likely N-dealkylation sites (tertiary alicyclic amines) is 1. The van der Waals surface area contributed by atoms with Gasteiger partial charge in [0.2, 0.25) is 0 Å². The summed E-state index contributed by atoms with van der Waals surface area (Å²) in [5, 5.41) is 0.758. The van der Waals surface area contributed by atoms with Crippen LogP contribution in [-0.4, -0.2) is 34.1 Å². The number of benzene rings is 1. The summed E-state index contributed by atoms with van der Waals surface area (Å²) >= 11 is 6.07. The summed E-state index contributed by atoms with van der Waals surface area (Å²) in [6.45, 7) is 5.63. The molecule has 0 N–H and O–H groups in total. The van der Waals surface area contributed by atoms with Crippen molar-refractivity contribution >= 4 is 11.6 Å². The monoisotopic (exact) mass is 275 g/mol. The lowest BCUT2D eigenvalue weighted by Crippen LogP contribution is -2.21. The fourth-order valence-corrected chi connectivity index (χ4v) is 2.98. The first kappa shape index (κ1) is 12.7. The van der Waals surface area contributed by atoms with Crippen LogP contribution < -0.4 is 0 Å². The number of halogens is 1. The molecule has 1 saturated heterocycles. The van der Waals surface area contributed by atoms with E-state index in [-0.39, 0.29) is 0 Å². The van der Waals surface area contributed by atoms with Gasteiger partial charge < -0.3 is 9.47 Å². The van der Waals surface area contributed by atoms with Crippen LogP contribution in [0.4, 0.5) is 0 Å². The van der Waals surface area contributed by atoms with Crippen molar-refractivity contribution < 1.29 is 0 Å². The van der Waals surface area contributed by atoms with E-state index in [4.69, 9.17) is 11.6 Å². The number of rotatable bonds is 3. The zero-order valence-electron chi connectivity index (χ0n) is 11.1. The summed E-state index contributed by atoms with van der Waals surface area (Å²) in [5.41, 5.74) is 1.09. The summed E-state index contributed by atoms with van der Waals surface area (Å²) in [4.78, 5) is 6.99. The first-order chi connectivity index (χ1) is 9.28. The maximum atomic E-state index is 6.07. The van der Waals surface area contributed by atoms with Crippen molar-refractivity contribution in [3.63, 3.8) is 0 Å². The van der Waals surface area contributed by atoms with Crippen LogP contribution in [0.5, 0.6) is 0 Å². The standard InChI is InChI=1S/C15H18ClN3/c1-2-18-8-6-14(11-18)19-9-7-17-15(19)12-4-3-5-13(16)10-12/h3-5,7,9-10,14H,2,6,8,11H2,1H3. The van der Waals surface area contributed by atoms with Crippen LogP contribution in [0.3, 0.4) is 0 Å². The van der Waals surface area contributed by atoms with Gasteiger partial charge in [-0.25, -0.2) is 4.98 Å². The van der Waals surface area contributed by atoms with Gasteiger partial charge in [-0.3, -0.25) is 0 Å². The molecule has 0 amide bonds.